The zero-order valence-electron chi connectivity index (χ0n) is 10.2. The van der Waals surface area contributed by atoms with Gasteiger partial charge in [-0.1, -0.05) is 13.8 Å². The normalized spacial score (nSPS) is 11.2. The van der Waals surface area contributed by atoms with Crippen molar-refractivity contribution in [2.75, 3.05) is 0 Å². The average Bonchev–Trinajstić information content (AvgIpc) is 2.72. The number of amides is 1. The molecule has 0 aromatic carbocycles. The van der Waals surface area contributed by atoms with E-state index in [1.54, 1.807) is 26.8 Å². The van der Waals surface area contributed by atoms with Crippen molar-refractivity contribution in [1.82, 2.24) is 5.32 Å². The smallest absolute Gasteiger partial charge is 0.329 e. The maximum absolute atomic E-state index is 11.9. The van der Waals surface area contributed by atoms with Crippen LogP contribution in [-0.4, -0.2) is 22.5 Å². The molecule has 1 heterocycles. The van der Waals surface area contributed by atoms with E-state index in [0.717, 1.165) is 0 Å². The molecule has 0 radical (unpaired) electrons. The second-order valence-electron chi connectivity index (χ2n) is 3.99. The molecule has 1 amide bonds. The van der Waals surface area contributed by atoms with E-state index < -0.39 is 17.4 Å². The molecule has 0 atom stereocenters. The fourth-order valence-electron chi connectivity index (χ4n) is 1.63. The van der Waals surface area contributed by atoms with Crippen molar-refractivity contribution in [3.63, 3.8) is 0 Å². The lowest BCUT2D eigenvalue weighted by atomic mass is 9.92. The molecular formula is C12H17NO4. The van der Waals surface area contributed by atoms with Gasteiger partial charge in [-0.15, -0.1) is 0 Å². The summed E-state index contributed by atoms with van der Waals surface area (Å²) in [6.45, 7) is 5.19. The molecule has 0 bridgehead atoms. The number of aliphatic carboxylic acids is 1. The van der Waals surface area contributed by atoms with Gasteiger partial charge in [0.05, 0.1) is 5.56 Å². The van der Waals surface area contributed by atoms with Gasteiger partial charge < -0.3 is 14.8 Å². The van der Waals surface area contributed by atoms with Crippen LogP contribution in [0.3, 0.4) is 0 Å². The molecule has 0 aliphatic carbocycles. The van der Waals surface area contributed by atoms with Gasteiger partial charge in [-0.3, -0.25) is 4.79 Å². The summed E-state index contributed by atoms with van der Waals surface area (Å²) in [4.78, 5) is 23.1. The van der Waals surface area contributed by atoms with Gasteiger partial charge in [-0.05, 0) is 25.8 Å². The van der Waals surface area contributed by atoms with E-state index in [2.05, 4.69) is 5.32 Å². The summed E-state index contributed by atoms with van der Waals surface area (Å²) < 4.78 is 5.02. The van der Waals surface area contributed by atoms with Gasteiger partial charge in [-0.2, -0.15) is 0 Å². The standard InChI is InChI=1S/C12H17NO4/c1-4-12(5-2,11(15)16)13-10(14)9-6-8(3)17-7-9/h6-7H,4-5H2,1-3H3,(H,13,14)(H,15,16). The van der Waals surface area contributed by atoms with E-state index in [9.17, 15) is 14.7 Å². The number of hydrogen-bond donors (Lipinski definition) is 2. The van der Waals surface area contributed by atoms with Gasteiger partial charge in [0.2, 0.25) is 0 Å². The van der Waals surface area contributed by atoms with Crippen molar-refractivity contribution in [3.05, 3.63) is 23.7 Å². The van der Waals surface area contributed by atoms with Crippen molar-refractivity contribution in [1.29, 1.82) is 0 Å². The first-order chi connectivity index (χ1) is 7.95. The topological polar surface area (TPSA) is 79.5 Å². The fourth-order valence-corrected chi connectivity index (χ4v) is 1.63. The third-order valence-electron chi connectivity index (χ3n) is 2.96. The van der Waals surface area contributed by atoms with Crippen LogP contribution in [-0.2, 0) is 4.79 Å². The summed E-state index contributed by atoms with van der Waals surface area (Å²) in [5.41, 5.74) is -0.863. The van der Waals surface area contributed by atoms with E-state index in [1.807, 2.05) is 0 Å². The summed E-state index contributed by atoms with van der Waals surface area (Å²) in [6.07, 6.45) is 1.99. The largest absolute Gasteiger partial charge is 0.480 e. The molecule has 5 heteroatoms. The minimum Gasteiger partial charge on any atom is -0.480 e. The third-order valence-corrected chi connectivity index (χ3v) is 2.96. The van der Waals surface area contributed by atoms with Crippen LogP contribution in [0.2, 0.25) is 0 Å². The van der Waals surface area contributed by atoms with E-state index in [4.69, 9.17) is 4.42 Å². The number of aryl methyl sites for hydroxylation is 1. The maximum Gasteiger partial charge on any atom is 0.329 e. The van der Waals surface area contributed by atoms with Crippen molar-refractivity contribution >= 4 is 11.9 Å². The second-order valence-corrected chi connectivity index (χ2v) is 3.99. The summed E-state index contributed by atoms with van der Waals surface area (Å²) in [7, 11) is 0. The highest BCUT2D eigenvalue weighted by molar-refractivity contribution is 5.97. The highest BCUT2D eigenvalue weighted by Crippen LogP contribution is 2.17. The SMILES string of the molecule is CCC(CC)(NC(=O)c1coc(C)c1)C(=O)O. The molecule has 5 nitrogen and oxygen atoms in total. The molecular weight excluding hydrogens is 222 g/mol. The number of rotatable bonds is 5. The molecule has 0 saturated carbocycles. The highest BCUT2D eigenvalue weighted by Gasteiger charge is 2.36. The van der Waals surface area contributed by atoms with Crippen molar-refractivity contribution in [2.24, 2.45) is 0 Å². The zero-order valence-corrected chi connectivity index (χ0v) is 10.2. The molecule has 0 fully saturated rings. The average molecular weight is 239 g/mol. The van der Waals surface area contributed by atoms with Crippen LogP contribution < -0.4 is 5.32 Å². The van der Waals surface area contributed by atoms with Gasteiger partial charge in [-0.25, -0.2) is 4.79 Å². The van der Waals surface area contributed by atoms with Gasteiger partial charge in [0.1, 0.15) is 17.6 Å². The van der Waals surface area contributed by atoms with Crippen molar-refractivity contribution in [3.8, 4) is 0 Å². The Labute approximate surface area is 99.8 Å². The first kappa shape index (κ1) is 13.3. The Bertz CT molecular complexity index is 418. The molecule has 0 unspecified atom stereocenters. The lowest BCUT2D eigenvalue weighted by Gasteiger charge is -2.27. The lowest BCUT2D eigenvalue weighted by molar-refractivity contribution is -0.144. The van der Waals surface area contributed by atoms with Gasteiger partial charge in [0, 0.05) is 0 Å². The first-order valence-corrected chi connectivity index (χ1v) is 5.56. The Morgan fingerprint density at radius 1 is 1.41 bits per heavy atom. The highest BCUT2D eigenvalue weighted by atomic mass is 16.4. The minimum absolute atomic E-state index is 0.335. The molecule has 0 aliphatic rings. The number of carboxylic acid groups (broad SMARTS) is 1. The number of nitrogens with one attached hydrogen (secondary N) is 1. The Kier molecular flexibility index (Phi) is 3.93. The van der Waals surface area contributed by atoms with Gasteiger partial charge >= 0.3 is 5.97 Å². The lowest BCUT2D eigenvalue weighted by Crippen LogP contribution is -2.53. The third kappa shape index (κ3) is 2.67. The molecule has 0 spiro atoms. The predicted molar refractivity (Wildman–Crippen MR) is 61.9 cm³/mol. The predicted octanol–water partition coefficient (Wildman–Crippen LogP) is 1.96. The van der Waals surface area contributed by atoms with Crippen molar-refractivity contribution < 1.29 is 19.1 Å². The van der Waals surface area contributed by atoms with Gasteiger partial charge in [0.15, 0.2) is 0 Å². The van der Waals surface area contributed by atoms with Crippen LogP contribution in [0.4, 0.5) is 0 Å². The van der Waals surface area contributed by atoms with Crippen LogP contribution in [0.15, 0.2) is 16.7 Å². The molecule has 0 aliphatic heterocycles. The van der Waals surface area contributed by atoms with Gasteiger partial charge in [0.25, 0.3) is 5.91 Å². The van der Waals surface area contributed by atoms with E-state index in [0.29, 0.717) is 24.2 Å². The minimum atomic E-state index is -1.21. The molecule has 94 valence electrons. The zero-order chi connectivity index (χ0) is 13.1. The first-order valence-electron chi connectivity index (χ1n) is 5.56. The second kappa shape index (κ2) is 5.03. The summed E-state index contributed by atoms with van der Waals surface area (Å²) in [5, 5.41) is 11.7. The number of carbonyl (C=O) groups is 2. The Hall–Kier alpha value is -1.78. The van der Waals surface area contributed by atoms with E-state index >= 15 is 0 Å². The summed E-state index contributed by atoms with van der Waals surface area (Å²) in [6, 6.07) is 1.58. The van der Waals surface area contributed by atoms with E-state index in [-0.39, 0.29) is 0 Å². The fraction of sp³-hybridized carbons (Fsp3) is 0.500. The Morgan fingerprint density at radius 3 is 2.35 bits per heavy atom. The number of hydrogen-bond acceptors (Lipinski definition) is 3. The molecule has 1 aromatic heterocycles. The van der Waals surface area contributed by atoms with Crippen LogP contribution in [0.1, 0.15) is 42.8 Å². The molecule has 17 heavy (non-hydrogen) atoms. The Balaban J connectivity index is 2.88. The van der Waals surface area contributed by atoms with Crippen LogP contribution in [0.25, 0.3) is 0 Å². The summed E-state index contributed by atoms with van der Waals surface area (Å²) >= 11 is 0. The monoisotopic (exact) mass is 239 g/mol. The number of carbonyl (C=O) groups excluding carboxylic acids is 1. The molecule has 2 N–H and O–H groups in total. The summed E-state index contributed by atoms with van der Waals surface area (Å²) in [5.74, 6) is -0.826. The van der Waals surface area contributed by atoms with Crippen LogP contribution in [0.5, 0.6) is 0 Å². The molecule has 0 saturated heterocycles. The Morgan fingerprint density at radius 2 is 2.00 bits per heavy atom. The van der Waals surface area contributed by atoms with Crippen LogP contribution >= 0.6 is 0 Å². The maximum atomic E-state index is 11.9. The molecule has 1 aromatic rings. The number of carboxylic acids is 1. The number of furan rings is 1. The van der Waals surface area contributed by atoms with Crippen molar-refractivity contribution in [2.45, 2.75) is 39.2 Å². The van der Waals surface area contributed by atoms with E-state index in [1.165, 1.54) is 6.26 Å². The molecule has 1 rings (SSSR count). The quantitative estimate of drug-likeness (QED) is 0.823. The van der Waals surface area contributed by atoms with Crippen LogP contribution in [0, 0.1) is 6.92 Å².